The van der Waals surface area contributed by atoms with Crippen molar-refractivity contribution in [3.8, 4) is 0 Å². The number of allylic oxidation sites excluding steroid dienone is 4. The van der Waals surface area contributed by atoms with Crippen molar-refractivity contribution in [2.24, 2.45) is 0 Å². The number of halogens is 1. The van der Waals surface area contributed by atoms with Gasteiger partial charge in [0.05, 0.1) is 16.7 Å². The average molecular weight is 570 g/mol. The Kier molecular flexibility index (Phi) is 8.49. The van der Waals surface area contributed by atoms with Gasteiger partial charge in [0.25, 0.3) is 10.1 Å². The van der Waals surface area contributed by atoms with Crippen molar-refractivity contribution in [3.63, 3.8) is 0 Å². The van der Waals surface area contributed by atoms with Crippen LogP contribution in [0.1, 0.15) is 61.9 Å². The maximum atomic E-state index is 11.7. The highest BCUT2D eigenvalue weighted by atomic mass is 35.5. The van der Waals surface area contributed by atoms with Crippen LogP contribution in [0.15, 0.2) is 83.1 Å². The number of benzene rings is 2. The molecule has 206 valence electrons. The zero-order chi connectivity index (χ0) is 28.4. The fourth-order valence-electron chi connectivity index (χ4n) is 5.45. The maximum Gasteiger partial charge on any atom is 0.335 e. The Morgan fingerprint density at radius 2 is 1.87 bits per heavy atom. The summed E-state index contributed by atoms with van der Waals surface area (Å²) in [6.45, 7) is 9.06. The Morgan fingerprint density at radius 3 is 2.54 bits per heavy atom. The van der Waals surface area contributed by atoms with Crippen LogP contribution in [-0.4, -0.2) is 46.6 Å². The zero-order valence-electron chi connectivity index (χ0n) is 22.2. The van der Waals surface area contributed by atoms with E-state index in [0.29, 0.717) is 24.4 Å². The Bertz CT molecular complexity index is 1510. The number of anilines is 1. The molecular weight excluding hydrogens is 536 g/mol. The summed E-state index contributed by atoms with van der Waals surface area (Å²) in [4.78, 5) is 11.7. The lowest BCUT2D eigenvalue weighted by atomic mass is 9.75. The smallest absolute Gasteiger partial charge is 0.335 e. The number of carbonyl (C=O) groups is 1. The quantitative estimate of drug-likeness (QED) is 0.168. The molecule has 1 aliphatic carbocycles. The predicted molar refractivity (Wildman–Crippen MR) is 156 cm³/mol. The molecule has 0 saturated carbocycles. The highest BCUT2D eigenvalue weighted by molar-refractivity contribution is 7.85. The van der Waals surface area contributed by atoms with Gasteiger partial charge in [0.2, 0.25) is 5.69 Å². The van der Waals surface area contributed by atoms with Crippen molar-refractivity contribution in [3.05, 3.63) is 94.2 Å². The molecule has 0 spiro atoms. The molecule has 39 heavy (non-hydrogen) atoms. The van der Waals surface area contributed by atoms with Crippen LogP contribution >= 0.6 is 11.6 Å². The van der Waals surface area contributed by atoms with Gasteiger partial charge in [0.15, 0.2) is 5.71 Å². The molecule has 2 aromatic carbocycles. The predicted octanol–water partition coefficient (Wildman–Crippen LogP) is 6.66. The lowest BCUT2D eigenvalue weighted by molar-refractivity contribution is -0.438. The number of carboxylic acids is 1. The molecule has 0 radical (unpaired) electrons. The van der Waals surface area contributed by atoms with Crippen molar-refractivity contribution in [1.82, 2.24) is 0 Å². The first-order chi connectivity index (χ1) is 18.4. The summed E-state index contributed by atoms with van der Waals surface area (Å²) < 4.78 is 33.8. The van der Waals surface area contributed by atoms with Gasteiger partial charge in [-0.2, -0.15) is 13.0 Å². The summed E-state index contributed by atoms with van der Waals surface area (Å²) in [5.74, 6) is -1.32. The van der Waals surface area contributed by atoms with Crippen LogP contribution in [0.2, 0.25) is 0 Å². The van der Waals surface area contributed by atoms with E-state index in [1.165, 1.54) is 0 Å². The Labute approximate surface area is 235 Å². The van der Waals surface area contributed by atoms with Crippen LogP contribution in [0.25, 0.3) is 0 Å². The van der Waals surface area contributed by atoms with Crippen molar-refractivity contribution in [2.75, 3.05) is 17.6 Å². The minimum absolute atomic E-state index is 0.201. The van der Waals surface area contributed by atoms with Gasteiger partial charge in [-0.3, -0.25) is 4.55 Å². The van der Waals surface area contributed by atoms with E-state index in [2.05, 4.69) is 16.5 Å². The largest absolute Gasteiger partial charge is 0.478 e. The van der Waals surface area contributed by atoms with Crippen molar-refractivity contribution in [1.29, 1.82) is 0 Å². The van der Waals surface area contributed by atoms with E-state index < -0.39 is 21.5 Å². The lowest BCUT2D eigenvalue weighted by Crippen LogP contribution is -2.32. The zero-order valence-corrected chi connectivity index (χ0v) is 23.8. The first-order valence-electron chi connectivity index (χ1n) is 13.0. The molecule has 3 N–H and O–H groups in total. The Morgan fingerprint density at radius 1 is 1.15 bits per heavy atom. The van der Waals surface area contributed by atoms with Crippen LogP contribution in [0, 0.1) is 0 Å². The number of nitrogens with one attached hydrogen (secondary N) is 1. The maximum absolute atomic E-state index is 11.7. The number of aromatic carboxylic acids is 1. The topological polar surface area (TPSA) is 107 Å². The van der Waals surface area contributed by atoms with Crippen LogP contribution in [0.4, 0.5) is 11.4 Å². The Balaban J connectivity index is 1.73. The molecule has 4 rings (SSSR count). The van der Waals surface area contributed by atoms with Crippen molar-refractivity contribution < 1.29 is 27.4 Å². The number of hydrogen-bond donors (Lipinski definition) is 3. The van der Waals surface area contributed by atoms with Crippen molar-refractivity contribution >= 4 is 44.8 Å². The highest BCUT2D eigenvalue weighted by Crippen LogP contribution is 2.45. The fraction of sp³-hybridized carbons (Fsp3) is 0.333. The number of hydrogen-bond acceptors (Lipinski definition) is 4. The van der Waals surface area contributed by atoms with Gasteiger partial charge < -0.3 is 10.4 Å². The third kappa shape index (κ3) is 6.35. The van der Waals surface area contributed by atoms with Gasteiger partial charge in [0.1, 0.15) is 6.54 Å². The molecular formula is C30H34ClN2O5S+. The molecule has 1 aliphatic heterocycles. The van der Waals surface area contributed by atoms with Gasteiger partial charge in [-0.05, 0) is 74.9 Å². The molecule has 2 aromatic rings. The molecule has 7 nitrogen and oxygen atoms in total. The van der Waals surface area contributed by atoms with E-state index >= 15 is 0 Å². The van der Waals surface area contributed by atoms with E-state index in [9.17, 15) is 18.3 Å². The average Bonchev–Trinajstić information content (AvgIpc) is 3.11. The summed E-state index contributed by atoms with van der Waals surface area (Å²) in [6, 6.07) is 14.9. The third-order valence-electron chi connectivity index (χ3n) is 7.36. The second-order valence-electron chi connectivity index (χ2n) is 10.5. The van der Waals surface area contributed by atoms with Gasteiger partial charge in [-0.15, -0.1) is 0 Å². The lowest BCUT2D eigenvalue weighted by Gasteiger charge is -2.25. The summed E-state index contributed by atoms with van der Waals surface area (Å²) in [5, 5.41) is 13.6. The summed E-state index contributed by atoms with van der Waals surface area (Å²) in [7, 11) is -4.05. The van der Waals surface area contributed by atoms with Gasteiger partial charge >= 0.3 is 5.97 Å². The van der Waals surface area contributed by atoms with Crippen LogP contribution < -0.4 is 5.32 Å². The summed E-state index contributed by atoms with van der Waals surface area (Å²) in [6.07, 6.45) is 5.23. The molecule has 0 atom stereocenters. The number of para-hydroxylation sites is 1. The normalized spacial score (nSPS) is 17.9. The molecule has 0 aromatic heterocycles. The van der Waals surface area contributed by atoms with Crippen LogP contribution in [-0.2, 0) is 15.5 Å². The second-order valence-corrected chi connectivity index (χ2v) is 12.4. The SMILES string of the molecule is C=C(C1=C(Cl)C(=CNc2ccccc2)CCC1)C1=[N+](CCCCS(=O)(=O)O)c2ccc(C(=O)O)cc2C1(C)C. The number of fused-ring (bicyclic) bond motifs is 1. The van der Waals surface area contributed by atoms with E-state index in [-0.39, 0.29) is 11.3 Å². The molecule has 0 bridgehead atoms. The number of carboxylic acid groups (broad SMARTS) is 1. The number of nitrogens with zero attached hydrogens (tertiary/aromatic N) is 1. The van der Waals surface area contributed by atoms with E-state index in [1.54, 1.807) is 18.2 Å². The number of rotatable bonds is 10. The first kappa shape index (κ1) is 28.8. The number of unbranched alkanes of at least 4 members (excludes halogenated alkanes) is 1. The van der Waals surface area contributed by atoms with E-state index in [4.69, 9.17) is 16.2 Å². The van der Waals surface area contributed by atoms with Crippen molar-refractivity contribution in [2.45, 2.75) is 51.4 Å². The van der Waals surface area contributed by atoms with Gasteiger partial charge in [-0.25, -0.2) is 4.79 Å². The van der Waals surface area contributed by atoms with Gasteiger partial charge in [-0.1, -0.05) is 36.4 Å². The molecule has 9 heteroatoms. The molecule has 0 unspecified atom stereocenters. The monoisotopic (exact) mass is 569 g/mol. The fourth-order valence-corrected chi connectivity index (χ4v) is 6.38. The minimum Gasteiger partial charge on any atom is -0.478 e. The standard InChI is InChI=1S/C30H33ClN2O5S/c1-20(24-13-9-10-22(27(24)31)19-32-23-11-5-4-6-12-23)28-30(2,3)25-18-21(29(34)35)14-15-26(25)33(28)16-7-8-17-39(36,37)38/h4-6,11-12,14-15,18-19,32H,1,7-10,13,16-17H2,2-3H3,(H-,34,35,36,37,38)/p+1. The van der Waals surface area contributed by atoms with Gasteiger partial charge in [0, 0.05) is 40.5 Å². The third-order valence-corrected chi connectivity index (χ3v) is 8.64. The molecule has 0 fully saturated rings. The molecule has 1 heterocycles. The van der Waals surface area contributed by atoms with Crippen LogP contribution in [0.5, 0.6) is 0 Å². The van der Waals surface area contributed by atoms with E-state index in [1.807, 2.05) is 50.4 Å². The summed E-state index contributed by atoms with van der Waals surface area (Å²) >= 11 is 6.99. The second kappa shape index (κ2) is 11.5. The first-order valence-corrected chi connectivity index (χ1v) is 15.0. The Hall–Kier alpha value is -3.20. The summed E-state index contributed by atoms with van der Waals surface area (Å²) in [5.41, 5.74) is 5.96. The minimum atomic E-state index is -4.05. The van der Waals surface area contributed by atoms with E-state index in [0.717, 1.165) is 58.6 Å². The molecule has 0 amide bonds. The molecule has 0 saturated heterocycles. The highest BCUT2D eigenvalue weighted by Gasteiger charge is 2.48. The van der Waals surface area contributed by atoms with Crippen LogP contribution in [0.3, 0.4) is 0 Å². The molecule has 2 aliphatic rings.